The van der Waals surface area contributed by atoms with Crippen molar-refractivity contribution in [2.75, 3.05) is 19.8 Å². The van der Waals surface area contributed by atoms with Gasteiger partial charge in [-0.3, -0.25) is 4.79 Å². The third-order valence-electron chi connectivity index (χ3n) is 9.05. The fraction of sp³-hybridized carbons (Fsp3) is 0.238. The van der Waals surface area contributed by atoms with Crippen LogP contribution in [0.2, 0.25) is 0 Å². The highest BCUT2D eigenvalue weighted by atomic mass is 16.5. The molecular formula is C42H41N5O4. The third kappa shape index (κ3) is 8.47. The van der Waals surface area contributed by atoms with Gasteiger partial charge in [-0.2, -0.15) is 0 Å². The van der Waals surface area contributed by atoms with E-state index in [0.29, 0.717) is 43.2 Å². The van der Waals surface area contributed by atoms with Gasteiger partial charge in [0.15, 0.2) is 11.6 Å². The topological polar surface area (TPSA) is 129 Å². The Morgan fingerprint density at radius 3 is 2.25 bits per heavy atom. The van der Waals surface area contributed by atoms with Crippen molar-refractivity contribution in [3.63, 3.8) is 0 Å². The van der Waals surface area contributed by atoms with Gasteiger partial charge in [0.2, 0.25) is 5.90 Å². The minimum Gasteiger partial charge on any atom is -0.494 e. The SMILES string of the molecule is Cc1ccc(CCNC(=O)[C@]2(Cc3ccccc3CN=[N+]=[N-])N=C(c3ccc(OCCCO)cc3)O[C@@H]2c2ccc(-c3ccccc3)cc2)cc1. The summed E-state index contributed by atoms with van der Waals surface area (Å²) in [5, 5.41) is 16.2. The number of aliphatic imine (C=N–C) groups is 1. The van der Waals surface area contributed by atoms with Gasteiger partial charge in [-0.15, -0.1) is 0 Å². The number of aryl methyl sites for hydroxylation is 1. The molecule has 6 rings (SSSR count). The fourth-order valence-corrected chi connectivity index (χ4v) is 6.27. The highest BCUT2D eigenvalue weighted by Crippen LogP contribution is 2.43. The van der Waals surface area contributed by atoms with Crippen molar-refractivity contribution in [2.24, 2.45) is 10.1 Å². The normalized spacial score (nSPS) is 16.4. The van der Waals surface area contributed by atoms with Gasteiger partial charge < -0.3 is 19.9 Å². The number of aliphatic hydroxyl groups is 1. The summed E-state index contributed by atoms with van der Waals surface area (Å²) in [6.07, 6.45) is 0.619. The molecule has 1 aliphatic rings. The molecule has 2 atom stereocenters. The van der Waals surface area contributed by atoms with Gasteiger partial charge in [0.1, 0.15) is 5.75 Å². The van der Waals surface area contributed by atoms with E-state index >= 15 is 0 Å². The van der Waals surface area contributed by atoms with Gasteiger partial charge in [-0.05, 0) is 76.5 Å². The first-order valence-corrected chi connectivity index (χ1v) is 17.2. The van der Waals surface area contributed by atoms with E-state index < -0.39 is 11.6 Å². The van der Waals surface area contributed by atoms with Crippen LogP contribution in [-0.2, 0) is 28.9 Å². The summed E-state index contributed by atoms with van der Waals surface area (Å²) in [5.41, 5.74) is 15.3. The maximum atomic E-state index is 14.8. The van der Waals surface area contributed by atoms with E-state index in [1.54, 1.807) is 0 Å². The lowest BCUT2D eigenvalue weighted by atomic mass is 9.80. The molecule has 0 saturated heterocycles. The lowest BCUT2D eigenvalue weighted by Crippen LogP contribution is -2.50. The molecule has 0 aromatic heterocycles. The van der Waals surface area contributed by atoms with Crippen LogP contribution in [0.15, 0.2) is 138 Å². The first-order valence-electron chi connectivity index (χ1n) is 17.2. The Balaban J connectivity index is 1.41. The molecule has 5 aromatic rings. The molecule has 9 nitrogen and oxygen atoms in total. The van der Waals surface area contributed by atoms with E-state index in [0.717, 1.165) is 33.4 Å². The Labute approximate surface area is 298 Å². The summed E-state index contributed by atoms with van der Waals surface area (Å²) in [4.78, 5) is 22.9. The first kappa shape index (κ1) is 35.0. The largest absolute Gasteiger partial charge is 0.494 e. The number of hydrogen-bond acceptors (Lipinski definition) is 6. The lowest BCUT2D eigenvalue weighted by molar-refractivity contribution is -0.128. The van der Waals surface area contributed by atoms with Crippen LogP contribution < -0.4 is 10.1 Å². The summed E-state index contributed by atoms with van der Waals surface area (Å²) >= 11 is 0. The van der Waals surface area contributed by atoms with Gasteiger partial charge in [0, 0.05) is 36.5 Å². The second kappa shape index (κ2) is 16.7. The molecule has 5 aromatic carbocycles. The van der Waals surface area contributed by atoms with Crippen LogP contribution in [0.5, 0.6) is 5.75 Å². The van der Waals surface area contributed by atoms with Crippen LogP contribution in [0.3, 0.4) is 0 Å². The second-order valence-electron chi connectivity index (χ2n) is 12.6. The zero-order valence-corrected chi connectivity index (χ0v) is 28.6. The van der Waals surface area contributed by atoms with Gasteiger partial charge in [0.05, 0.1) is 13.2 Å². The van der Waals surface area contributed by atoms with Crippen LogP contribution >= 0.6 is 0 Å². The van der Waals surface area contributed by atoms with Gasteiger partial charge >= 0.3 is 0 Å². The van der Waals surface area contributed by atoms with Crippen molar-refractivity contribution < 1.29 is 19.4 Å². The molecule has 0 saturated carbocycles. The average molecular weight is 680 g/mol. The predicted molar refractivity (Wildman–Crippen MR) is 200 cm³/mol. The molecule has 0 aliphatic carbocycles. The number of rotatable bonds is 15. The zero-order chi connectivity index (χ0) is 35.5. The summed E-state index contributed by atoms with van der Waals surface area (Å²) < 4.78 is 12.5. The lowest BCUT2D eigenvalue weighted by Gasteiger charge is -2.31. The second-order valence-corrected chi connectivity index (χ2v) is 12.6. The number of carbonyl (C=O) groups excluding carboxylic acids is 1. The van der Waals surface area contributed by atoms with E-state index in [9.17, 15) is 4.79 Å². The van der Waals surface area contributed by atoms with E-state index in [4.69, 9.17) is 25.1 Å². The van der Waals surface area contributed by atoms with E-state index in [-0.39, 0.29) is 25.5 Å². The van der Waals surface area contributed by atoms with Crippen LogP contribution in [0, 0.1) is 6.92 Å². The van der Waals surface area contributed by atoms with Crippen molar-refractivity contribution in [1.82, 2.24) is 5.32 Å². The Bertz CT molecular complexity index is 1990. The van der Waals surface area contributed by atoms with Crippen molar-refractivity contribution in [3.8, 4) is 16.9 Å². The number of aliphatic hydroxyl groups excluding tert-OH is 1. The molecule has 2 N–H and O–H groups in total. The van der Waals surface area contributed by atoms with Crippen LogP contribution in [0.1, 0.15) is 45.9 Å². The van der Waals surface area contributed by atoms with Crippen molar-refractivity contribution in [1.29, 1.82) is 0 Å². The molecule has 51 heavy (non-hydrogen) atoms. The maximum absolute atomic E-state index is 14.8. The summed E-state index contributed by atoms with van der Waals surface area (Å²) in [6, 6.07) is 41.6. The summed E-state index contributed by atoms with van der Waals surface area (Å²) in [7, 11) is 0. The molecular weight excluding hydrogens is 638 g/mol. The Kier molecular flexibility index (Phi) is 11.4. The molecule has 1 amide bonds. The Morgan fingerprint density at radius 2 is 1.55 bits per heavy atom. The van der Waals surface area contributed by atoms with Crippen LogP contribution in [0.4, 0.5) is 0 Å². The molecule has 9 heteroatoms. The highest BCUT2D eigenvalue weighted by molar-refractivity contribution is 6.01. The monoisotopic (exact) mass is 679 g/mol. The molecule has 0 bridgehead atoms. The number of amides is 1. The maximum Gasteiger partial charge on any atom is 0.252 e. The number of carbonyl (C=O) groups is 1. The molecule has 0 spiro atoms. The molecule has 0 radical (unpaired) electrons. The third-order valence-corrected chi connectivity index (χ3v) is 9.05. The Hall–Kier alpha value is -5.89. The minimum absolute atomic E-state index is 0.0532. The van der Waals surface area contributed by atoms with Crippen molar-refractivity contribution in [2.45, 2.75) is 44.4 Å². The van der Waals surface area contributed by atoms with Crippen molar-refractivity contribution in [3.05, 3.63) is 171 Å². The number of nitrogens with zero attached hydrogens (tertiary/aromatic N) is 4. The van der Waals surface area contributed by atoms with E-state index in [1.807, 2.05) is 91.0 Å². The summed E-state index contributed by atoms with van der Waals surface area (Å²) in [6.45, 7) is 3.06. The van der Waals surface area contributed by atoms with Gasteiger partial charge in [-0.25, -0.2) is 4.99 Å². The molecule has 258 valence electrons. The molecule has 0 unspecified atom stereocenters. The Morgan fingerprint density at radius 1 is 0.882 bits per heavy atom. The van der Waals surface area contributed by atoms with E-state index in [1.165, 1.54) is 5.56 Å². The van der Waals surface area contributed by atoms with Gasteiger partial charge in [0.25, 0.3) is 5.91 Å². The quantitative estimate of drug-likeness (QED) is 0.0502. The summed E-state index contributed by atoms with van der Waals surface area (Å²) in [5.74, 6) is 0.741. The number of nitrogens with one attached hydrogen (secondary N) is 1. The highest BCUT2D eigenvalue weighted by Gasteiger charge is 2.53. The molecule has 0 fully saturated rings. The zero-order valence-electron chi connectivity index (χ0n) is 28.6. The van der Waals surface area contributed by atoms with Crippen LogP contribution in [-0.4, -0.2) is 42.2 Å². The predicted octanol–water partition coefficient (Wildman–Crippen LogP) is 8.09. The molecule has 1 heterocycles. The minimum atomic E-state index is -1.40. The number of ether oxygens (including phenoxy) is 2. The van der Waals surface area contributed by atoms with Crippen molar-refractivity contribution >= 4 is 11.8 Å². The number of benzene rings is 5. The van der Waals surface area contributed by atoms with Crippen LogP contribution in [0.25, 0.3) is 21.6 Å². The van der Waals surface area contributed by atoms with E-state index in [2.05, 4.69) is 58.7 Å². The van der Waals surface area contributed by atoms with Gasteiger partial charge in [-0.1, -0.05) is 114 Å². The standard InChI is InChI=1S/C42H41N5O4/c1-30-12-14-31(15-13-30)24-25-44-41(49)42(28-36-10-5-6-11-37(36)29-45-47-43)39(34-18-16-33(17-19-34)32-8-3-2-4-9-32)51-40(46-42)35-20-22-38(23-21-35)50-27-7-26-48/h2-6,8-23,39,48H,7,24-29H2,1H3,(H,44,49)/t39-,42-/m1/s1. The average Bonchev–Trinajstić information content (AvgIpc) is 3.56. The fourth-order valence-electron chi connectivity index (χ4n) is 6.27. The molecule has 1 aliphatic heterocycles. The first-order chi connectivity index (χ1) is 25.0. The smallest absolute Gasteiger partial charge is 0.252 e. The number of azide groups is 1. The number of hydrogen-bond donors (Lipinski definition) is 2.